The van der Waals surface area contributed by atoms with Crippen LogP contribution in [-0.2, 0) is 14.9 Å². The van der Waals surface area contributed by atoms with E-state index in [-0.39, 0.29) is 11.8 Å². The van der Waals surface area contributed by atoms with E-state index in [4.69, 9.17) is 38.4 Å². The van der Waals surface area contributed by atoms with E-state index in [1.54, 1.807) is 45.0 Å². The second-order valence-electron chi connectivity index (χ2n) is 10.7. The monoisotopic (exact) mass is 521 g/mol. The standard InChI is InChI=1S/C26H33Cl2N3O4/c1-13(2)8-18(29)23(32)30-19-11-14(27)9-16-21(19)34-22-17(26(16,6)7)10-15(28)12-20(22)31-24(33)35-25(3,4)5/h9-13,18H,8,29H2,1-7H3,(H,30,32)(H,31,33)/t18-/m0/s1. The van der Waals surface area contributed by atoms with Gasteiger partial charge in [-0.1, -0.05) is 50.9 Å². The van der Waals surface area contributed by atoms with Gasteiger partial charge in [-0.05, 0) is 57.4 Å². The molecule has 2 amide bonds. The fraction of sp³-hybridized carbons (Fsp3) is 0.462. The number of rotatable bonds is 5. The number of hydrogen-bond acceptors (Lipinski definition) is 5. The first-order valence-corrected chi connectivity index (χ1v) is 12.3. The smallest absolute Gasteiger partial charge is 0.412 e. The molecule has 7 nitrogen and oxygen atoms in total. The summed E-state index contributed by atoms with van der Waals surface area (Å²) in [6.45, 7) is 13.3. The topological polar surface area (TPSA) is 103 Å². The van der Waals surface area contributed by atoms with Crippen molar-refractivity contribution in [3.05, 3.63) is 45.4 Å². The molecule has 0 bridgehead atoms. The Morgan fingerprint density at radius 3 is 1.94 bits per heavy atom. The quantitative estimate of drug-likeness (QED) is 0.389. The van der Waals surface area contributed by atoms with E-state index in [0.29, 0.717) is 39.3 Å². The van der Waals surface area contributed by atoms with Gasteiger partial charge in [0.15, 0.2) is 11.5 Å². The van der Waals surface area contributed by atoms with E-state index >= 15 is 0 Å². The average Bonchev–Trinajstić information content (AvgIpc) is 2.67. The van der Waals surface area contributed by atoms with Crippen LogP contribution in [-0.4, -0.2) is 23.6 Å². The van der Waals surface area contributed by atoms with Gasteiger partial charge < -0.3 is 20.5 Å². The summed E-state index contributed by atoms with van der Waals surface area (Å²) in [5.74, 6) is 0.754. The van der Waals surface area contributed by atoms with Crippen molar-refractivity contribution in [1.29, 1.82) is 0 Å². The van der Waals surface area contributed by atoms with Gasteiger partial charge in [-0.2, -0.15) is 0 Å². The number of halogens is 2. The first kappa shape index (κ1) is 27.1. The summed E-state index contributed by atoms with van der Waals surface area (Å²) in [6, 6.07) is 6.12. The van der Waals surface area contributed by atoms with Crippen LogP contribution in [0, 0.1) is 5.92 Å². The summed E-state index contributed by atoms with van der Waals surface area (Å²) in [7, 11) is 0. The van der Waals surface area contributed by atoms with Crippen LogP contribution < -0.4 is 21.1 Å². The summed E-state index contributed by atoms with van der Waals surface area (Å²) in [5, 5.41) is 6.48. The zero-order chi connectivity index (χ0) is 26.3. The number of amides is 2. The van der Waals surface area contributed by atoms with Crippen molar-refractivity contribution >= 4 is 46.6 Å². The van der Waals surface area contributed by atoms with E-state index in [0.717, 1.165) is 11.1 Å². The van der Waals surface area contributed by atoms with Crippen LogP contribution in [0.15, 0.2) is 24.3 Å². The Morgan fingerprint density at radius 2 is 1.49 bits per heavy atom. The molecule has 0 unspecified atom stereocenters. The molecular weight excluding hydrogens is 489 g/mol. The number of hydrogen-bond donors (Lipinski definition) is 3. The highest BCUT2D eigenvalue weighted by atomic mass is 35.5. The molecule has 1 heterocycles. The number of fused-ring (bicyclic) bond motifs is 2. The molecule has 0 aliphatic carbocycles. The first-order chi connectivity index (χ1) is 16.1. The van der Waals surface area contributed by atoms with Crippen LogP contribution in [0.1, 0.15) is 66.0 Å². The number of carbonyl (C=O) groups is 2. The van der Waals surface area contributed by atoms with Gasteiger partial charge in [0, 0.05) is 26.6 Å². The van der Waals surface area contributed by atoms with Gasteiger partial charge in [0.2, 0.25) is 5.91 Å². The molecule has 0 saturated heterocycles. The minimum absolute atomic E-state index is 0.261. The highest BCUT2D eigenvalue weighted by Crippen LogP contribution is 2.54. The Labute approximate surface area is 216 Å². The number of carbonyl (C=O) groups excluding carboxylic acids is 2. The normalized spacial score (nSPS) is 14.9. The van der Waals surface area contributed by atoms with Crippen molar-refractivity contribution < 1.29 is 19.1 Å². The molecule has 0 fully saturated rings. The molecule has 1 atom stereocenters. The Hall–Kier alpha value is -2.48. The first-order valence-electron chi connectivity index (χ1n) is 11.5. The second kappa shape index (κ2) is 9.88. The number of nitrogens with two attached hydrogens (primary N) is 1. The Balaban J connectivity index is 2.06. The third kappa shape index (κ3) is 6.21. The molecule has 35 heavy (non-hydrogen) atoms. The minimum Gasteiger partial charge on any atom is -0.452 e. The summed E-state index contributed by atoms with van der Waals surface area (Å²) in [5.41, 5.74) is 7.05. The van der Waals surface area contributed by atoms with E-state index in [2.05, 4.69) is 10.6 Å². The van der Waals surface area contributed by atoms with Gasteiger partial charge in [-0.15, -0.1) is 0 Å². The fourth-order valence-corrected chi connectivity index (χ4v) is 4.46. The van der Waals surface area contributed by atoms with Gasteiger partial charge in [-0.3, -0.25) is 10.1 Å². The van der Waals surface area contributed by atoms with E-state index in [9.17, 15) is 9.59 Å². The average molecular weight is 522 g/mol. The lowest BCUT2D eigenvalue weighted by Crippen LogP contribution is -2.37. The summed E-state index contributed by atoms with van der Waals surface area (Å²) >= 11 is 12.9. The molecule has 190 valence electrons. The molecule has 1 aliphatic heterocycles. The summed E-state index contributed by atoms with van der Waals surface area (Å²) < 4.78 is 11.7. The maximum Gasteiger partial charge on any atom is 0.412 e. The summed E-state index contributed by atoms with van der Waals surface area (Å²) in [4.78, 5) is 25.3. The van der Waals surface area contributed by atoms with Crippen molar-refractivity contribution in [3.63, 3.8) is 0 Å². The van der Waals surface area contributed by atoms with Crippen LogP contribution in [0.2, 0.25) is 10.0 Å². The molecule has 3 rings (SSSR count). The number of nitrogens with one attached hydrogen (secondary N) is 2. The zero-order valence-electron chi connectivity index (χ0n) is 21.1. The molecule has 0 saturated carbocycles. The SMILES string of the molecule is CC(C)C[C@H](N)C(=O)Nc1cc(Cl)cc2c1Oc1c(NC(=O)OC(C)(C)C)cc(Cl)cc1C2(C)C. The Kier molecular flexibility index (Phi) is 7.65. The van der Waals surface area contributed by atoms with Crippen molar-refractivity contribution in [2.45, 2.75) is 71.9 Å². The molecule has 4 N–H and O–H groups in total. The fourth-order valence-electron chi connectivity index (χ4n) is 4.02. The van der Waals surface area contributed by atoms with Gasteiger partial charge in [-0.25, -0.2) is 4.79 Å². The largest absolute Gasteiger partial charge is 0.452 e. The predicted octanol–water partition coefficient (Wildman–Crippen LogP) is 7.08. The van der Waals surface area contributed by atoms with Crippen molar-refractivity contribution in [3.8, 4) is 11.5 Å². The van der Waals surface area contributed by atoms with Crippen LogP contribution in [0.25, 0.3) is 0 Å². The lowest BCUT2D eigenvalue weighted by molar-refractivity contribution is -0.117. The molecule has 0 aromatic heterocycles. The molecule has 0 radical (unpaired) electrons. The molecule has 2 aromatic carbocycles. The van der Waals surface area contributed by atoms with Gasteiger partial charge in [0.1, 0.15) is 5.60 Å². The van der Waals surface area contributed by atoms with Crippen LogP contribution in [0.3, 0.4) is 0 Å². The van der Waals surface area contributed by atoms with Gasteiger partial charge >= 0.3 is 6.09 Å². The van der Waals surface area contributed by atoms with Crippen LogP contribution in [0.4, 0.5) is 16.2 Å². The lowest BCUT2D eigenvalue weighted by Gasteiger charge is -2.36. The number of ether oxygens (including phenoxy) is 2. The van der Waals surface area contributed by atoms with E-state index < -0.39 is 23.2 Å². The highest BCUT2D eigenvalue weighted by molar-refractivity contribution is 6.31. The molecule has 2 aromatic rings. The third-order valence-corrected chi connectivity index (χ3v) is 6.05. The molecule has 9 heteroatoms. The van der Waals surface area contributed by atoms with Gasteiger partial charge in [0.05, 0.1) is 17.4 Å². The third-order valence-electron chi connectivity index (χ3n) is 5.61. The van der Waals surface area contributed by atoms with Gasteiger partial charge in [0.25, 0.3) is 0 Å². The summed E-state index contributed by atoms with van der Waals surface area (Å²) in [6.07, 6.45) is -0.106. The Bertz CT molecular complexity index is 1160. The van der Waals surface area contributed by atoms with Crippen molar-refractivity contribution in [1.82, 2.24) is 0 Å². The Morgan fingerprint density at radius 1 is 1.00 bits per heavy atom. The van der Waals surface area contributed by atoms with Crippen molar-refractivity contribution in [2.75, 3.05) is 10.6 Å². The maximum atomic E-state index is 12.8. The highest BCUT2D eigenvalue weighted by Gasteiger charge is 2.38. The minimum atomic E-state index is -0.684. The molecular formula is C26H33Cl2N3O4. The molecule has 1 aliphatic rings. The van der Waals surface area contributed by atoms with E-state index in [1.807, 2.05) is 27.7 Å². The molecule has 0 spiro atoms. The van der Waals surface area contributed by atoms with Crippen LogP contribution >= 0.6 is 23.2 Å². The second-order valence-corrected chi connectivity index (χ2v) is 11.6. The number of benzene rings is 2. The van der Waals surface area contributed by atoms with Crippen molar-refractivity contribution in [2.24, 2.45) is 11.7 Å². The van der Waals surface area contributed by atoms with E-state index in [1.165, 1.54) is 0 Å². The predicted molar refractivity (Wildman–Crippen MR) is 141 cm³/mol. The number of anilines is 2. The maximum absolute atomic E-state index is 12.8. The lowest BCUT2D eigenvalue weighted by atomic mass is 9.75. The zero-order valence-corrected chi connectivity index (χ0v) is 22.6. The van der Waals surface area contributed by atoms with Crippen LogP contribution in [0.5, 0.6) is 11.5 Å².